The lowest BCUT2D eigenvalue weighted by Gasteiger charge is -2.38. The van der Waals surface area contributed by atoms with Crippen molar-refractivity contribution in [1.29, 1.82) is 5.41 Å². The number of allylic oxidation sites excluding steroid dienone is 2. The van der Waals surface area contributed by atoms with E-state index in [4.69, 9.17) is 38.1 Å². The average Bonchev–Trinajstić information content (AvgIpc) is 3.21. The molecule has 0 spiro atoms. The summed E-state index contributed by atoms with van der Waals surface area (Å²) in [6, 6.07) is 4.09. The average molecular weight is 595 g/mol. The van der Waals surface area contributed by atoms with Gasteiger partial charge < -0.3 is 30.1 Å². The zero-order chi connectivity index (χ0) is 28.6. The first-order valence-electron chi connectivity index (χ1n) is 11.9. The van der Waals surface area contributed by atoms with Gasteiger partial charge in [0.15, 0.2) is 22.3 Å². The number of nitrogens with one attached hydrogen (secondary N) is 3. The largest absolute Gasteiger partial charge is 0.450 e. The molecule has 15 heteroatoms. The minimum atomic E-state index is -4.54. The van der Waals surface area contributed by atoms with E-state index in [1.807, 2.05) is 4.90 Å². The number of ether oxygens (including phenoxy) is 2. The number of hydrogen-bond donors (Lipinski definition) is 3. The minimum Gasteiger partial charge on any atom is -0.450 e. The number of anilines is 2. The van der Waals surface area contributed by atoms with Crippen LogP contribution in [0.25, 0.3) is 11.2 Å². The molecular formula is C25H23Cl2F3N8O2. The lowest BCUT2D eigenvalue weighted by atomic mass is 10.0. The van der Waals surface area contributed by atoms with Crippen LogP contribution in [-0.4, -0.2) is 57.1 Å². The molecule has 210 valence electrons. The third-order valence-electron chi connectivity index (χ3n) is 6.42. The molecule has 3 aromatic rings. The highest BCUT2D eigenvalue weighted by Crippen LogP contribution is 2.37. The van der Waals surface area contributed by atoms with Gasteiger partial charge in [0.1, 0.15) is 16.2 Å². The van der Waals surface area contributed by atoms with Crippen molar-refractivity contribution in [3.05, 3.63) is 64.4 Å². The maximum absolute atomic E-state index is 13.9. The predicted octanol–water partition coefficient (Wildman–Crippen LogP) is 5.17. The first-order chi connectivity index (χ1) is 19.1. The monoisotopic (exact) mass is 594 g/mol. The van der Waals surface area contributed by atoms with Crippen molar-refractivity contribution in [2.45, 2.75) is 18.8 Å². The van der Waals surface area contributed by atoms with E-state index in [1.165, 1.54) is 24.7 Å². The molecule has 0 aliphatic carbocycles. The number of pyridine rings is 1. The third kappa shape index (κ3) is 5.50. The lowest BCUT2D eigenvalue weighted by molar-refractivity contribution is -0.138. The first-order valence-corrected chi connectivity index (χ1v) is 12.7. The van der Waals surface area contributed by atoms with Gasteiger partial charge in [0, 0.05) is 51.9 Å². The maximum Gasteiger partial charge on any atom is 0.416 e. The highest BCUT2D eigenvalue weighted by Gasteiger charge is 2.35. The molecule has 2 aromatic heterocycles. The molecule has 0 saturated carbocycles. The van der Waals surface area contributed by atoms with Crippen LogP contribution < -0.4 is 15.4 Å². The predicted molar refractivity (Wildman–Crippen MR) is 146 cm³/mol. The second kappa shape index (κ2) is 11.1. The number of halogens is 5. The molecule has 10 nitrogen and oxygen atoms in total. The molecular weight excluding hydrogens is 572 g/mol. The molecule has 1 fully saturated rings. The van der Waals surface area contributed by atoms with Gasteiger partial charge >= 0.3 is 6.18 Å². The number of rotatable bonds is 8. The molecule has 40 heavy (non-hydrogen) atoms. The zero-order valence-electron chi connectivity index (χ0n) is 21.2. The van der Waals surface area contributed by atoms with E-state index in [-0.39, 0.29) is 62.9 Å². The molecule has 0 bridgehead atoms. The Bertz CT molecular complexity index is 1560. The summed E-state index contributed by atoms with van der Waals surface area (Å²) in [5, 5.41) is 13.7. The number of benzene rings is 1. The summed E-state index contributed by atoms with van der Waals surface area (Å²) in [7, 11) is 3.22. The second-order valence-corrected chi connectivity index (χ2v) is 9.75. The molecule has 4 heterocycles. The van der Waals surface area contributed by atoms with Crippen molar-refractivity contribution in [3.63, 3.8) is 0 Å². The maximum atomic E-state index is 13.9. The number of aliphatic imine (C=N–C) groups is 1. The van der Waals surface area contributed by atoms with Crippen molar-refractivity contribution in [2.24, 2.45) is 12.0 Å². The molecule has 1 saturated heterocycles. The van der Waals surface area contributed by atoms with E-state index in [1.54, 1.807) is 24.8 Å². The molecule has 2 aliphatic rings. The number of fused-ring (bicyclic) bond motifs is 1. The van der Waals surface area contributed by atoms with Crippen molar-refractivity contribution < 1.29 is 22.6 Å². The molecule has 3 N–H and O–H groups in total. The van der Waals surface area contributed by atoms with Crippen LogP contribution in [-0.2, 0) is 24.5 Å². The summed E-state index contributed by atoms with van der Waals surface area (Å²) in [5.74, 6) is 0.367. The van der Waals surface area contributed by atoms with Gasteiger partial charge in [-0.1, -0.05) is 29.3 Å². The Kier molecular flexibility index (Phi) is 7.73. The topological polar surface area (TPSA) is 113 Å². The highest BCUT2D eigenvalue weighted by atomic mass is 35.5. The summed E-state index contributed by atoms with van der Waals surface area (Å²) < 4.78 is 54.4. The Balaban J connectivity index is 1.42. The number of methoxy groups -OCH3 is 1. The van der Waals surface area contributed by atoms with Gasteiger partial charge in [-0.25, -0.2) is 9.98 Å². The summed E-state index contributed by atoms with van der Waals surface area (Å²) in [6.45, 7) is 1.33. The smallest absolute Gasteiger partial charge is 0.416 e. The molecule has 0 atom stereocenters. The molecule has 0 amide bonds. The molecule has 5 rings (SSSR count). The van der Waals surface area contributed by atoms with Gasteiger partial charge in [-0.3, -0.25) is 4.90 Å². The molecule has 2 aliphatic heterocycles. The van der Waals surface area contributed by atoms with Crippen molar-refractivity contribution in [2.75, 3.05) is 25.5 Å². The summed E-state index contributed by atoms with van der Waals surface area (Å²) in [6.07, 6.45) is 0.743. The Morgan fingerprint density at radius 1 is 1.30 bits per heavy atom. The van der Waals surface area contributed by atoms with Gasteiger partial charge in [-0.05, 0) is 17.7 Å². The quantitative estimate of drug-likeness (QED) is 0.244. The number of likely N-dealkylation sites (tertiary alicyclic amines) is 1. The van der Waals surface area contributed by atoms with Crippen LogP contribution in [0.2, 0.25) is 5.02 Å². The zero-order valence-corrected chi connectivity index (χ0v) is 22.7. The standard InChI is InChI=1S/C25H23Cl2F3N8O2/c1-37-21-19(26)18(40-17(8-31)20-22(27)33-6-5-32-20)9-34-23(21)36-24(37)35-14-4-3-13(16(7-14)25(28,29)30)10-38-11-15(12-38)39-2/h3-9,15,31-32H,10-12H2,1-2H3,(H,34,35,36)/b20-17+,31-8?. The van der Waals surface area contributed by atoms with Gasteiger partial charge in [0.05, 0.1) is 24.1 Å². The van der Waals surface area contributed by atoms with E-state index in [0.29, 0.717) is 18.6 Å². The van der Waals surface area contributed by atoms with Crippen LogP contribution >= 0.6 is 23.2 Å². The van der Waals surface area contributed by atoms with Gasteiger partial charge in [0.2, 0.25) is 5.95 Å². The fourth-order valence-electron chi connectivity index (χ4n) is 4.31. The Morgan fingerprint density at radius 2 is 2.08 bits per heavy atom. The number of nitrogens with zero attached hydrogens (tertiary/aromatic N) is 5. The number of alkyl halides is 3. The van der Waals surface area contributed by atoms with E-state index in [0.717, 1.165) is 12.3 Å². The van der Waals surface area contributed by atoms with E-state index < -0.39 is 11.7 Å². The van der Waals surface area contributed by atoms with Crippen LogP contribution in [0, 0.1) is 5.41 Å². The number of hydrogen-bond acceptors (Lipinski definition) is 9. The van der Waals surface area contributed by atoms with Gasteiger partial charge in [0.25, 0.3) is 0 Å². The highest BCUT2D eigenvalue weighted by molar-refractivity contribution is 6.69. The normalized spacial score (nSPS) is 17.3. The van der Waals surface area contributed by atoms with E-state index >= 15 is 0 Å². The van der Waals surface area contributed by atoms with Crippen LogP contribution in [0.5, 0.6) is 5.75 Å². The summed E-state index contributed by atoms with van der Waals surface area (Å²) >= 11 is 12.7. The van der Waals surface area contributed by atoms with Crippen LogP contribution in [0.4, 0.5) is 24.8 Å². The fraction of sp³-hybridized carbons (Fsp3) is 0.280. The summed E-state index contributed by atoms with van der Waals surface area (Å²) in [5.41, 5.74) is 0.507. The molecule has 0 unspecified atom stereocenters. The Morgan fingerprint density at radius 3 is 2.75 bits per heavy atom. The van der Waals surface area contributed by atoms with Crippen LogP contribution in [0.15, 0.2) is 53.2 Å². The van der Waals surface area contributed by atoms with Crippen LogP contribution in [0.3, 0.4) is 0 Å². The van der Waals surface area contributed by atoms with Crippen molar-refractivity contribution >= 4 is 57.4 Å². The number of aryl methyl sites for hydroxylation is 1. The van der Waals surface area contributed by atoms with Crippen molar-refractivity contribution in [3.8, 4) is 5.75 Å². The Hall–Kier alpha value is -3.65. The first kappa shape index (κ1) is 27.9. The molecule has 0 radical (unpaired) electrons. The molecule has 1 aromatic carbocycles. The van der Waals surface area contributed by atoms with Crippen LogP contribution in [0.1, 0.15) is 11.1 Å². The minimum absolute atomic E-state index is 0.0393. The number of imidazole rings is 1. The van der Waals surface area contributed by atoms with E-state index in [9.17, 15) is 13.2 Å². The Labute approximate surface area is 236 Å². The fourth-order valence-corrected chi connectivity index (χ4v) is 4.82. The second-order valence-electron chi connectivity index (χ2n) is 9.02. The van der Waals surface area contributed by atoms with Gasteiger partial charge in [-0.15, -0.1) is 0 Å². The SMILES string of the molecule is COC1CN(Cc2ccc(Nc3nc4ncc(O/C(C=N)=C5/NC=CN=C5Cl)c(Cl)c4n3C)cc2C(F)(F)F)C1. The van der Waals surface area contributed by atoms with Crippen molar-refractivity contribution in [1.82, 2.24) is 24.8 Å². The summed E-state index contributed by atoms with van der Waals surface area (Å²) in [4.78, 5) is 14.5. The lowest BCUT2D eigenvalue weighted by Crippen LogP contribution is -2.51. The third-order valence-corrected chi connectivity index (χ3v) is 7.07. The van der Waals surface area contributed by atoms with Gasteiger partial charge in [-0.2, -0.15) is 18.2 Å². The number of aromatic nitrogens is 3. The van der Waals surface area contributed by atoms with E-state index in [2.05, 4.69) is 25.6 Å².